The quantitative estimate of drug-likeness (QED) is 0.894. The minimum atomic E-state index is -0.997. The number of aromatic carboxylic acids is 1. The van der Waals surface area contributed by atoms with E-state index in [0.717, 1.165) is 20.7 Å². The molecule has 2 aromatic heterocycles. The van der Waals surface area contributed by atoms with Crippen molar-refractivity contribution in [3.63, 3.8) is 0 Å². The Bertz CT molecular complexity index is 520. The second-order valence-electron chi connectivity index (χ2n) is 2.66. The van der Waals surface area contributed by atoms with Gasteiger partial charge in [0.15, 0.2) is 5.13 Å². The van der Waals surface area contributed by atoms with Gasteiger partial charge in [0.1, 0.15) is 10.6 Å². The van der Waals surface area contributed by atoms with Gasteiger partial charge >= 0.3 is 5.97 Å². The number of carboxylic acids is 1. The van der Waals surface area contributed by atoms with E-state index in [1.165, 1.54) is 11.3 Å². The number of anilines is 1. The summed E-state index contributed by atoms with van der Waals surface area (Å²) in [5, 5.41) is 11.1. The van der Waals surface area contributed by atoms with Gasteiger partial charge in [-0.1, -0.05) is 11.3 Å². The molecule has 4 nitrogen and oxygen atoms in total. The number of aromatic nitrogens is 1. The second kappa shape index (κ2) is 3.92. The summed E-state index contributed by atoms with van der Waals surface area (Å²) in [6.07, 6.45) is 0. The molecular weight excluding hydrogens is 300 g/mol. The molecule has 0 saturated heterocycles. The topological polar surface area (TPSA) is 76.2 Å². The molecule has 0 amide bonds. The van der Waals surface area contributed by atoms with Crippen LogP contribution in [0.15, 0.2) is 15.9 Å². The van der Waals surface area contributed by atoms with E-state index < -0.39 is 5.97 Å². The average molecular weight is 305 g/mol. The SMILES string of the molecule is Nc1nc(-c2cc(Br)cs2)c(C(=O)O)s1. The van der Waals surface area contributed by atoms with Gasteiger partial charge in [-0.2, -0.15) is 0 Å². The molecule has 7 heteroatoms. The molecule has 2 heterocycles. The fourth-order valence-electron chi connectivity index (χ4n) is 1.09. The van der Waals surface area contributed by atoms with Crippen molar-refractivity contribution in [1.82, 2.24) is 4.98 Å². The minimum absolute atomic E-state index is 0.182. The van der Waals surface area contributed by atoms with E-state index in [1.807, 2.05) is 11.4 Å². The lowest BCUT2D eigenvalue weighted by Crippen LogP contribution is -1.94. The lowest BCUT2D eigenvalue weighted by atomic mass is 10.3. The number of thiazole rings is 1. The molecule has 0 aliphatic heterocycles. The van der Waals surface area contributed by atoms with Crippen LogP contribution < -0.4 is 5.73 Å². The summed E-state index contributed by atoms with van der Waals surface area (Å²) in [6.45, 7) is 0. The largest absolute Gasteiger partial charge is 0.477 e. The summed E-state index contributed by atoms with van der Waals surface area (Å²) < 4.78 is 0.908. The fourth-order valence-corrected chi connectivity index (χ4v) is 3.26. The number of nitrogen functional groups attached to an aromatic ring is 1. The molecule has 0 aliphatic rings. The molecule has 78 valence electrons. The number of halogens is 1. The van der Waals surface area contributed by atoms with Crippen LogP contribution in [-0.2, 0) is 0 Å². The first kappa shape index (κ1) is 10.6. The standard InChI is InChI=1S/C8H5BrN2O2S2/c9-3-1-4(14-2-3)5-6(7(12)13)15-8(10)11-5/h1-2H,(H2,10,11)(H,12,13). The van der Waals surface area contributed by atoms with Crippen LogP contribution in [0.4, 0.5) is 5.13 Å². The predicted octanol–water partition coefficient (Wildman–Crippen LogP) is 2.91. The summed E-state index contributed by atoms with van der Waals surface area (Å²) in [7, 11) is 0. The number of thiophene rings is 1. The predicted molar refractivity (Wildman–Crippen MR) is 64.5 cm³/mol. The van der Waals surface area contributed by atoms with E-state index in [9.17, 15) is 4.79 Å². The Kier molecular flexibility index (Phi) is 2.76. The second-order valence-corrected chi connectivity index (χ2v) is 5.52. The summed E-state index contributed by atoms with van der Waals surface area (Å²) >= 11 is 5.72. The maximum atomic E-state index is 10.9. The number of hydrogen-bond donors (Lipinski definition) is 2. The average Bonchev–Trinajstić information content (AvgIpc) is 2.71. The van der Waals surface area contributed by atoms with Crippen molar-refractivity contribution >= 4 is 49.7 Å². The molecular formula is C8H5BrN2O2S2. The molecule has 0 bridgehead atoms. The van der Waals surface area contributed by atoms with Crippen LogP contribution >= 0.6 is 38.6 Å². The molecule has 0 saturated carbocycles. The Morgan fingerprint density at radius 2 is 2.33 bits per heavy atom. The van der Waals surface area contributed by atoms with Gasteiger partial charge in [0, 0.05) is 9.85 Å². The number of rotatable bonds is 2. The van der Waals surface area contributed by atoms with Crippen LogP contribution in [0.1, 0.15) is 9.67 Å². The molecule has 0 radical (unpaired) electrons. The van der Waals surface area contributed by atoms with Crippen LogP contribution in [0.25, 0.3) is 10.6 Å². The molecule has 2 rings (SSSR count). The monoisotopic (exact) mass is 304 g/mol. The highest BCUT2D eigenvalue weighted by Crippen LogP contribution is 2.35. The molecule has 3 N–H and O–H groups in total. The van der Waals surface area contributed by atoms with Crippen molar-refractivity contribution in [2.75, 3.05) is 5.73 Å². The van der Waals surface area contributed by atoms with E-state index in [4.69, 9.17) is 10.8 Å². The summed E-state index contributed by atoms with van der Waals surface area (Å²) in [4.78, 5) is 15.9. The lowest BCUT2D eigenvalue weighted by molar-refractivity contribution is 0.0703. The van der Waals surface area contributed by atoms with E-state index in [2.05, 4.69) is 20.9 Å². The normalized spacial score (nSPS) is 10.5. The van der Waals surface area contributed by atoms with Crippen LogP contribution in [-0.4, -0.2) is 16.1 Å². The number of nitrogens with zero attached hydrogens (tertiary/aromatic N) is 1. The number of nitrogens with two attached hydrogens (primary N) is 1. The van der Waals surface area contributed by atoms with Gasteiger partial charge in [-0.3, -0.25) is 0 Å². The highest BCUT2D eigenvalue weighted by molar-refractivity contribution is 9.10. The highest BCUT2D eigenvalue weighted by atomic mass is 79.9. The summed E-state index contributed by atoms with van der Waals surface area (Å²) in [5.41, 5.74) is 5.94. The molecule has 0 atom stereocenters. The minimum Gasteiger partial charge on any atom is -0.477 e. The zero-order valence-electron chi connectivity index (χ0n) is 7.23. The zero-order valence-corrected chi connectivity index (χ0v) is 10.4. The smallest absolute Gasteiger partial charge is 0.348 e. The molecule has 0 fully saturated rings. The molecule has 0 spiro atoms. The fraction of sp³-hybridized carbons (Fsp3) is 0. The number of hydrogen-bond acceptors (Lipinski definition) is 5. The first-order valence-electron chi connectivity index (χ1n) is 3.82. The van der Waals surface area contributed by atoms with Gasteiger partial charge < -0.3 is 10.8 Å². The summed E-state index contributed by atoms with van der Waals surface area (Å²) in [5.74, 6) is -0.997. The third-order valence-corrected chi connectivity index (χ3v) is 4.21. The maximum Gasteiger partial charge on any atom is 0.348 e. The molecule has 0 aliphatic carbocycles. The van der Waals surface area contributed by atoms with Crippen molar-refractivity contribution in [3.05, 3.63) is 20.8 Å². The van der Waals surface area contributed by atoms with Crippen molar-refractivity contribution in [2.24, 2.45) is 0 Å². The number of carbonyl (C=O) groups is 1. The Morgan fingerprint density at radius 1 is 1.60 bits per heavy atom. The van der Waals surface area contributed by atoms with Gasteiger partial charge in [-0.15, -0.1) is 11.3 Å². The Balaban J connectivity index is 2.56. The molecule has 0 unspecified atom stereocenters. The Hall–Kier alpha value is -0.920. The van der Waals surface area contributed by atoms with E-state index in [-0.39, 0.29) is 10.0 Å². The Morgan fingerprint density at radius 3 is 2.87 bits per heavy atom. The van der Waals surface area contributed by atoms with Crippen molar-refractivity contribution in [2.45, 2.75) is 0 Å². The third-order valence-electron chi connectivity index (χ3n) is 1.64. The van der Waals surface area contributed by atoms with Gasteiger partial charge in [0.05, 0.1) is 4.88 Å². The van der Waals surface area contributed by atoms with E-state index in [0.29, 0.717) is 5.69 Å². The first-order valence-corrected chi connectivity index (χ1v) is 6.31. The van der Waals surface area contributed by atoms with Crippen LogP contribution in [0.3, 0.4) is 0 Å². The van der Waals surface area contributed by atoms with Gasteiger partial charge in [0.2, 0.25) is 0 Å². The Labute approximate surface area is 102 Å². The van der Waals surface area contributed by atoms with E-state index >= 15 is 0 Å². The van der Waals surface area contributed by atoms with Crippen LogP contribution in [0.5, 0.6) is 0 Å². The van der Waals surface area contributed by atoms with Crippen molar-refractivity contribution in [3.8, 4) is 10.6 Å². The zero-order chi connectivity index (χ0) is 11.0. The lowest BCUT2D eigenvalue weighted by Gasteiger charge is -1.92. The third kappa shape index (κ3) is 2.04. The molecule has 2 aromatic rings. The first-order chi connectivity index (χ1) is 7.08. The van der Waals surface area contributed by atoms with Crippen molar-refractivity contribution < 1.29 is 9.90 Å². The maximum absolute atomic E-state index is 10.9. The van der Waals surface area contributed by atoms with Crippen LogP contribution in [0.2, 0.25) is 0 Å². The van der Waals surface area contributed by atoms with E-state index in [1.54, 1.807) is 0 Å². The van der Waals surface area contributed by atoms with Crippen molar-refractivity contribution in [1.29, 1.82) is 0 Å². The van der Waals surface area contributed by atoms with Crippen LogP contribution in [0, 0.1) is 0 Å². The van der Waals surface area contributed by atoms with Gasteiger partial charge in [-0.25, -0.2) is 9.78 Å². The summed E-state index contributed by atoms with van der Waals surface area (Å²) in [6, 6.07) is 1.82. The molecule has 15 heavy (non-hydrogen) atoms. The molecule has 0 aromatic carbocycles. The highest BCUT2D eigenvalue weighted by Gasteiger charge is 2.18. The van der Waals surface area contributed by atoms with Gasteiger partial charge in [0.25, 0.3) is 0 Å². The number of carboxylic acid groups (broad SMARTS) is 1. The van der Waals surface area contributed by atoms with Gasteiger partial charge in [-0.05, 0) is 22.0 Å².